The summed E-state index contributed by atoms with van der Waals surface area (Å²) in [4.78, 5) is 4.08. The van der Waals surface area contributed by atoms with Gasteiger partial charge in [-0.3, -0.25) is 4.98 Å². The van der Waals surface area contributed by atoms with Gasteiger partial charge in [0.1, 0.15) is 5.75 Å². The number of aryl methyl sites for hydroxylation is 1. The molecule has 0 radical (unpaired) electrons. The number of benzene rings is 1. The van der Waals surface area contributed by atoms with Crippen LogP contribution in [-0.2, 0) is 12.8 Å². The van der Waals surface area contributed by atoms with Crippen molar-refractivity contribution in [2.45, 2.75) is 25.4 Å². The fraction of sp³-hybridized carbons (Fsp3) is 0.312. The first-order valence-corrected chi connectivity index (χ1v) is 7.55. The quantitative estimate of drug-likeness (QED) is 0.931. The highest BCUT2D eigenvalue weighted by molar-refractivity contribution is 9.10. The number of aliphatic hydroxyl groups excluding tert-OH is 1. The maximum absolute atomic E-state index is 10.2. The largest absolute Gasteiger partial charge is 0.493 e. The molecular weight excluding hydrogens is 318 g/mol. The molecule has 2 aromatic rings. The van der Waals surface area contributed by atoms with E-state index >= 15 is 0 Å². The summed E-state index contributed by atoms with van der Waals surface area (Å²) in [5.41, 5.74) is 3.38. The SMILES string of the molecule is OC(CCc1ccc2c(c1)CCO2)c1cncc(Br)c1. The lowest BCUT2D eigenvalue weighted by Gasteiger charge is -2.11. The van der Waals surface area contributed by atoms with Crippen LogP contribution in [0.25, 0.3) is 0 Å². The van der Waals surface area contributed by atoms with E-state index in [0.717, 1.165) is 35.2 Å². The van der Waals surface area contributed by atoms with E-state index in [4.69, 9.17) is 4.74 Å². The zero-order valence-corrected chi connectivity index (χ0v) is 12.6. The van der Waals surface area contributed by atoms with Crippen molar-refractivity contribution in [2.75, 3.05) is 6.61 Å². The number of fused-ring (bicyclic) bond motifs is 1. The summed E-state index contributed by atoms with van der Waals surface area (Å²) >= 11 is 3.37. The molecule has 0 amide bonds. The van der Waals surface area contributed by atoms with Crippen molar-refractivity contribution in [3.63, 3.8) is 0 Å². The fourth-order valence-electron chi connectivity index (χ4n) is 2.48. The van der Waals surface area contributed by atoms with Gasteiger partial charge in [-0.05, 0) is 57.6 Å². The minimum atomic E-state index is -0.482. The lowest BCUT2D eigenvalue weighted by Crippen LogP contribution is -2.00. The Morgan fingerprint density at radius 3 is 3.05 bits per heavy atom. The predicted octanol–water partition coefficient (Wildman–Crippen LogP) is 3.45. The Kier molecular flexibility index (Phi) is 4.03. The van der Waals surface area contributed by atoms with Gasteiger partial charge >= 0.3 is 0 Å². The Balaban J connectivity index is 1.64. The summed E-state index contributed by atoms with van der Waals surface area (Å²) in [6.07, 6.45) is 5.48. The summed E-state index contributed by atoms with van der Waals surface area (Å²) in [6, 6.07) is 8.21. The highest BCUT2D eigenvalue weighted by Gasteiger charge is 2.13. The summed E-state index contributed by atoms with van der Waals surface area (Å²) in [7, 11) is 0. The average Bonchev–Trinajstić information content (AvgIpc) is 2.92. The number of hydrogen-bond acceptors (Lipinski definition) is 3. The third-order valence-corrected chi connectivity index (χ3v) is 4.00. The van der Waals surface area contributed by atoms with Gasteiger partial charge in [0.2, 0.25) is 0 Å². The monoisotopic (exact) mass is 333 g/mol. The first-order valence-electron chi connectivity index (χ1n) is 6.75. The second-order valence-electron chi connectivity index (χ2n) is 5.03. The number of hydrogen-bond donors (Lipinski definition) is 1. The van der Waals surface area contributed by atoms with Gasteiger partial charge in [-0.15, -0.1) is 0 Å². The van der Waals surface area contributed by atoms with Crippen LogP contribution in [0.15, 0.2) is 41.1 Å². The second-order valence-corrected chi connectivity index (χ2v) is 5.95. The van der Waals surface area contributed by atoms with Crippen LogP contribution in [0, 0.1) is 0 Å². The highest BCUT2D eigenvalue weighted by atomic mass is 79.9. The molecule has 4 heteroatoms. The van der Waals surface area contributed by atoms with Crippen LogP contribution in [0.2, 0.25) is 0 Å². The van der Waals surface area contributed by atoms with Crippen molar-refractivity contribution >= 4 is 15.9 Å². The van der Waals surface area contributed by atoms with E-state index in [9.17, 15) is 5.11 Å². The average molecular weight is 334 g/mol. The zero-order valence-electron chi connectivity index (χ0n) is 11.1. The van der Waals surface area contributed by atoms with Gasteiger partial charge in [0.05, 0.1) is 12.7 Å². The lowest BCUT2D eigenvalue weighted by molar-refractivity contribution is 0.167. The molecule has 1 N–H and O–H groups in total. The van der Waals surface area contributed by atoms with Gasteiger partial charge < -0.3 is 9.84 Å². The number of pyridine rings is 1. The predicted molar refractivity (Wildman–Crippen MR) is 80.9 cm³/mol. The van der Waals surface area contributed by atoms with Crippen LogP contribution >= 0.6 is 15.9 Å². The van der Waals surface area contributed by atoms with Gasteiger partial charge in [0, 0.05) is 23.3 Å². The van der Waals surface area contributed by atoms with E-state index in [0.29, 0.717) is 6.42 Å². The first kappa shape index (κ1) is 13.6. The molecule has 3 nitrogen and oxygen atoms in total. The van der Waals surface area contributed by atoms with Crippen LogP contribution in [-0.4, -0.2) is 16.7 Å². The Labute approximate surface area is 126 Å². The molecule has 0 bridgehead atoms. The van der Waals surface area contributed by atoms with Crippen molar-refractivity contribution < 1.29 is 9.84 Å². The van der Waals surface area contributed by atoms with E-state index in [1.165, 1.54) is 11.1 Å². The third kappa shape index (κ3) is 3.02. The number of aliphatic hydroxyl groups is 1. The summed E-state index contributed by atoms with van der Waals surface area (Å²) < 4.78 is 6.39. The minimum Gasteiger partial charge on any atom is -0.493 e. The normalized spacial score (nSPS) is 14.7. The minimum absolute atomic E-state index is 0.482. The smallest absolute Gasteiger partial charge is 0.122 e. The fourth-order valence-corrected chi connectivity index (χ4v) is 2.86. The van der Waals surface area contributed by atoms with Crippen LogP contribution in [0.5, 0.6) is 5.75 Å². The molecule has 0 fully saturated rings. The van der Waals surface area contributed by atoms with Gasteiger partial charge in [-0.1, -0.05) is 12.1 Å². The van der Waals surface area contributed by atoms with E-state index in [1.807, 2.05) is 12.1 Å². The van der Waals surface area contributed by atoms with Crippen molar-refractivity contribution in [3.8, 4) is 5.75 Å². The van der Waals surface area contributed by atoms with Gasteiger partial charge in [-0.2, -0.15) is 0 Å². The number of ether oxygens (including phenoxy) is 1. The number of rotatable bonds is 4. The maximum Gasteiger partial charge on any atom is 0.122 e. The summed E-state index contributed by atoms with van der Waals surface area (Å²) in [6.45, 7) is 0.783. The van der Waals surface area contributed by atoms with Crippen molar-refractivity contribution in [1.82, 2.24) is 4.98 Å². The van der Waals surface area contributed by atoms with Crippen LogP contribution < -0.4 is 4.74 Å². The molecule has 0 spiro atoms. The van der Waals surface area contributed by atoms with Crippen molar-refractivity contribution in [1.29, 1.82) is 0 Å². The molecule has 1 unspecified atom stereocenters. The Hall–Kier alpha value is -1.39. The lowest BCUT2D eigenvalue weighted by atomic mass is 10.0. The first-order chi connectivity index (χ1) is 9.72. The molecular formula is C16H16BrNO2. The van der Waals surface area contributed by atoms with Crippen LogP contribution in [0.3, 0.4) is 0 Å². The van der Waals surface area contributed by atoms with Crippen molar-refractivity contribution in [2.24, 2.45) is 0 Å². The second kappa shape index (κ2) is 5.94. The number of halogens is 1. The molecule has 1 aromatic carbocycles. The Bertz CT molecular complexity index is 615. The molecule has 104 valence electrons. The summed E-state index contributed by atoms with van der Waals surface area (Å²) in [5.74, 6) is 1.01. The van der Waals surface area contributed by atoms with Gasteiger partial charge in [0.25, 0.3) is 0 Å². The van der Waals surface area contributed by atoms with E-state index < -0.39 is 6.10 Å². The molecule has 0 aliphatic carbocycles. The molecule has 1 aromatic heterocycles. The molecule has 1 atom stereocenters. The number of nitrogens with zero attached hydrogens (tertiary/aromatic N) is 1. The molecule has 1 aliphatic heterocycles. The standard InChI is InChI=1S/C16H16BrNO2/c17-14-8-13(9-18-10-14)15(19)3-1-11-2-4-16-12(7-11)5-6-20-16/h2,4,7-10,15,19H,1,3,5-6H2. The molecule has 0 saturated carbocycles. The topological polar surface area (TPSA) is 42.4 Å². The zero-order chi connectivity index (χ0) is 13.9. The molecule has 2 heterocycles. The third-order valence-electron chi connectivity index (χ3n) is 3.57. The van der Waals surface area contributed by atoms with E-state index in [-0.39, 0.29) is 0 Å². The highest BCUT2D eigenvalue weighted by Crippen LogP contribution is 2.27. The molecule has 0 saturated heterocycles. The van der Waals surface area contributed by atoms with E-state index in [2.05, 4.69) is 33.0 Å². The van der Waals surface area contributed by atoms with Crippen LogP contribution in [0.4, 0.5) is 0 Å². The number of aromatic nitrogens is 1. The van der Waals surface area contributed by atoms with Crippen molar-refractivity contribution in [3.05, 3.63) is 57.8 Å². The molecule has 20 heavy (non-hydrogen) atoms. The Morgan fingerprint density at radius 1 is 1.30 bits per heavy atom. The Morgan fingerprint density at radius 2 is 2.20 bits per heavy atom. The molecule has 1 aliphatic rings. The maximum atomic E-state index is 10.2. The van der Waals surface area contributed by atoms with E-state index in [1.54, 1.807) is 12.4 Å². The molecule has 3 rings (SSSR count). The summed E-state index contributed by atoms with van der Waals surface area (Å²) in [5, 5.41) is 10.2. The van der Waals surface area contributed by atoms with Gasteiger partial charge in [0.15, 0.2) is 0 Å². The van der Waals surface area contributed by atoms with Crippen LogP contribution in [0.1, 0.15) is 29.2 Å². The van der Waals surface area contributed by atoms with Gasteiger partial charge in [-0.25, -0.2) is 0 Å².